The number of rotatable bonds is 2. The van der Waals surface area contributed by atoms with Gasteiger partial charge in [-0.15, -0.1) is 0 Å². The first-order chi connectivity index (χ1) is 9.80. The van der Waals surface area contributed by atoms with Crippen molar-refractivity contribution < 1.29 is 14.8 Å². The van der Waals surface area contributed by atoms with Gasteiger partial charge in [0.2, 0.25) is 5.91 Å². The van der Waals surface area contributed by atoms with Crippen LogP contribution in [-0.2, 0) is 17.6 Å². The second kappa shape index (κ2) is 5.85. The Morgan fingerprint density at radius 1 is 1.24 bits per heavy atom. The lowest BCUT2D eigenvalue weighted by atomic mass is 9.82. The van der Waals surface area contributed by atoms with Crippen molar-refractivity contribution in [3.8, 4) is 0 Å². The molecule has 5 nitrogen and oxygen atoms in total. The van der Waals surface area contributed by atoms with Crippen molar-refractivity contribution in [3.05, 3.63) is 34.9 Å². The number of carbonyl (C=O) groups is 2. The molecule has 0 spiro atoms. The van der Waals surface area contributed by atoms with Crippen LogP contribution < -0.4 is 10.8 Å². The summed E-state index contributed by atoms with van der Waals surface area (Å²) < 4.78 is 0. The highest BCUT2D eigenvalue weighted by molar-refractivity contribution is 5.93. The van der Waals surface area contributed by atoms with Crippen LogP contribution in [0.4, 0.5) is 0 Å². The van der Waals surface area contributed by atoms with Gasteiger partial charge < -0.3 is 5.32 Å². The highest BCUT2D eigenvalue weighted by Crippen LogP contribution is 2.27. The molecule has 5 heteroatoms. The van der Waals surface area contributed by atoms with E-state index in [-0.39, 0.29) is 17.4 Å². The summed E-state index contributed by atoms with van der Waals surface area (Å²) in [6, 6.07) is 5.34. The molecule has 2 rings (SSSR count). The normalized spacial score (nSPS) is 17.8. The van der Waals surface area contributed by atoms with Gasteiger partial charge in [-0.3, -0.25) is 14.8 Å². The molecular formula is C16H22N2O3. The molecule has 2 amide bonds. The molecule has 0 heterocycles. The van der Waals surface area contributed by atoms with Crippen molar-refractivity contribution >= 4 is 11.8 Å². The number of fused-ring (bicyclic) bond motifs is 1. The minimum absolute atomic E-state index is 0.0192. The van der Waals surface area contributed by atoms with Gasteiger partial charge in [-0.05, 0) is 63.3 Å². The Morgan fingerprint density at radius 3 is 2.57 bits per heavy atom. The first kappa shape index (κ1) is 15.5. The second-order valence-electron chi connectivity index (χ2n) is 6.60. The van der Waals surface area contributed by atoms with Gasteiger partial charge in [0.15, 0.2) is 0 Å². The maximum Gasteiger partial charge on any atom is 0.274 e. The number of hydrogen-bond acceptors (Lipinski definition) is 3. The number of amides is 2. The van der Waals surface area contributed by atoms with Crippen LogP contribution in [0.15, 0.2) is 18.2 Å². The molecular weight excluding hydrogens is 268 g/mol. The summed E-state index contributed by atoms with van der Waals surface area (Å²) >= 11 is 0. The third-order valence-electron chi connectivity index (χ3n) is 3.67. The Kier molecular flexibility index (Phi) is 4.32. The third kappa shape index (κ3) is 3.82. The van der Waals surface area contributed by atoms with Gasteiger partial charge in [-0.1, -0.05) is 6.07 Å². The van der Waals surface area contributed by atoms with Crippen molar-refractivity contribution in [3.63, 3.8) is 0 Å². The number of benzene rings is 1. The van der Waals surface area contributed by atoms with E-state index >= 15 is 0 Å². The molecule has 21 heavy (non-hydrogen) atoms. The van der Waals surface area contributed by atoms with Gasteiger partial charge in [0.05, 0.1) is 0 Å². The third-order valence-corrected chi connectivity index (χ3v) is 3.67. The maximum absolute atomic E-state index is 12.2. The molecule has 1 aliphatic carbocycles. The lowest BCUT2D eigenvalue weighted by Crippen LogP contribution is -2.45. The topological polar surface area (TPSA) is 78.4 Å². The van der Waals surface area contributed by atoms with E-state index in [4.69, 9.17) is 5.21 Å². The zero-order chi connectivity index (χ0) is 15.6. The van der Waals surface area contributed by atoms with E-state index in [1.54, 1.807) is 17.6 Å². The summed E-state index contributed by atoms with van der Waals surface area (Å²) in [6.07, 6.45) is 2.24. The smallest absolute Gasteiger partial charge is 0.274 e. The summed E-state index contributed by atoms with van der Waals surface area (Å²) in [6.45, 7) is 5.92. The van der Waals surface area contributed by atoms with Crippen LogP contribution >= 0.6 is 0 Å². The number of nitrogens with one attached hydrogen (secondary N) is 2. The van der Waals surface area contributed by atoms with Gasteiger partial charge in [-0.25, -0.2) is 5.48 Å². The molecule has 1 aliphatic rings. The van der Waals surface area contributed by atoms with Gasteiger partial charge in [-0.2, -0.15) is 0 Å². The first-order valence-electron chi connectivity index (χ1n) is 7.18. The maximum atomic E-state index is 12.2. The van der Waals surface area contributed by atoms with Crippen molar-refractivity contribution in [1.82, 2.24) is 10.8 Å². The summed E-state index contributed by atoms with van der Waals surface area (Å²) in [4.78, 5) is 23.6. The number of carbonyl (C=O) groups excluding carboxylic acids is 2. The molecule has 0 radical (unpaired) electrons. The Morgan fingerprint density at radius 2 is 1.95 bits per heavy atom. The minimum atomic E-state index is -0.509. The predicted octanol–water partition coefficient (Wildman–Crippen LogP) is 1.83. The van der Waals surface area contributed by atoms with Crippen LogP contribution in [0, 0.1) is 5.92 Å². The van der Waals surface area contributed by atoms with Crippen LogP contribution in [0.1, 0.15) is 48.7 Å². The van der Waals surface area contributed by atoms with E-state index in [2.05, 4.69) is 5.32 Å². The van der Waals surface area contributed by atoms with Crippen LogP contribution in [0.3, 0.4) is 0 Å². The Bertz CT molecular complexity index is 561. The molecule has 0 saturated carbocycles. The monoisotopic (exact) mass is 290 g/mol. The number of hydroxylamine groups is 1. The average molecular weight is 290 g/mol. The molecule has 1 unspecified atom stereocenters. The predicted molar refractivity (Wildman–Crippen MR) is 79.1 cm³/mol. The van der Waals surface area contributed by atoms with Gasteiger partial charge in [0.1, 0.15) is 0 Å². The van der Waals surface area contributed by atoms with Crippen molar-refractivity contribution in [2.45, 2.75) is 45.6 Å². The van der Waals surface area contributed by atoms with E-state index in [0.717, 1.165) is 24.0 Å². The fourth-order valence-electron chi connectivity index (χ4n) is 2.66. The molecule has 0 aliphatic heterocycles. The first-order valence-corrected chi connectivity index (χ1v) is 7.18. The lowest BCUT2D eigenvalue weighted by molar-refractivity contribution is -0.126. The molecule has 3 N–H and O–H groups in total. The van der Waals surface area contributed by atoms with Crippen LogP contribution in [0.2, 0.25) is 0 Å². The Balaban J connectivity index is 2.11. The highest BCUT2D eigenvalue weighted by atomic mass is 16.5. The standard InChI is InChI=1S/C16H22N2O3/c1-16(2,3)17-14(19)12-6-4-11-9-13(15(20)18-21)7-5-10(11)8-12/h5,7,9,12,21H,4,6,8H2,1-3H3,(H,17,19)(H,18,20). The van der Waals surface area contributed by atoms with Crippen LogP contribution in [0.25, 0.3) is 0 Å². The average Bonchev–Trinajstić information content (AvgIpc) is 2.43. The van der Waals surface area contributed by atoms with Gasteiger partial charge in [0.25, 0.3) is 5.91 Å². The summed E-state index contributed by atoms with van der Waals surface area (Å²) in [5, 5.41) is 11.7. The summed E-state index contributed by atoms with van der Waals surface area (Å²) in [5.41, 5.74) is 4.04. The molecule has 0 bridgehead atoms. The van der Waals surface area contributed by atoms with Crippen LogP contribution in [0.5, 0.6) is 0 Å². The van der Waals surface area contributed by atoms with E-state index in [9.17, 15) is 9.59 Å². The van der Waals surface area contributed by atoms with Gasteiger partial charge >= 0.3 is 0 Å². The molecule has 0 fully saturated rings. The van der Waals surface area contributed by atoms with Gasteiger partial charge in [0, 0.05) is 17.0 Å². The SMILES string of the molecule is CC(C)(C)NC(=O)C1CCc2cc(C(=O)NO)ccc2C1. The highest BCUT2D eigenvalue weighted by Gasteiger charge is 2.27. The lowest BCUT2D eigenvalue weighted by Gasteiger charge is -2.28. The largest absolute Gasteiger partial charge is 0.351 e. The molecule has 1 atom stereocenters. The fourth-order valence-corrected chi connectivity index (χ4v) is 2.66. The Hall–Kier alpha value is -1.88. The quantitative estimate of drug-likeness (QED) is 0.574. The second-order valence-corrected chi connectivity index (χ2v) is 6.60. The van der Waals surface area contributed by atoms with Crippen LogP contribution in [-0.4, -0.2) is 22.6 Å². The Labute approximate surface area is 124 Å². The number of hydrogen-bond donors (Lipinski definition) is 3. The summed E-state index contributed by atoms with van der Waals surface area (Å²) in [5.74, 6) is -0.440. The van der Waals surface area contributed by atoms with Crippen molar-refractivity contribution in [2.24, 2.45) is 5.92 Å². The molecule has 114 valence electrons. The van der Waals surface area contributed by atoms with Crippen molar-refractivity contribution in [1.29, 1.82) is 0 Å². The van der Waals surface area contributed by atoms with E-state index in [1.165, 1.54) is 0 Å². The zero-order valence-electron chi connectivity index (χ0n) is 12.7. The molecule has 0 saturated heterocycles. The number of aryl methyl sites for hydroxylation is 1. The molecule has 1 aromatic rings. The summed E-state index contributed by atoms with van der Waals surface area (Å²) in [7, 11) is 0. The molecule has 1 aromatic carbocycles. The fraction of sp³-hybridized carbons (Fsp3) is 0.500. The molecule has 0 aromatic heterocycles. The van der Waals surface area contributed by atoms with Crippen molar-refractivity contribution in [2.75, 3.05) is 0 Å². The van der Waals surface area contributed by atoms with E-state index in [0.29, 0.717) is 12.0 Å². The van der Waals surface area contributed by atoms with E-state index in [1.807, 2.05) is 26.8 Å². The van der Waals surface area contributed by atoms with E-state index < -0.39 is 5.91 Å². The zero-order valence-corrected chi connectivity index (χ0v) is 12.7. The minimum Gasteiger partial charge on any atom is -0.351 e.